The van der Waals surface area contributed by atoms with Crippen LogP contribution in [-0.4, -0.2) is 49.8 Å². The predicted molar refractivity (Wildman–Crippen MR) is 64.4 cm³/mol. The van der Waals surface area contributed by atoms with Crippen molar-refractivity contribution in [3.8, 4) is 0 Å². The molecule has 0 unspecified atom stereocenters. The summed E-state index contributed by atoms with van der Waals surface area (Å²) in [5, 5.41) is 28.8. The number of rotatable bonds is 4. The average molecular weight is 355 g/mol. The van der Waals surface area contributed by atoms with Gasteiger partial charge in [0.1, 0.15) is 28.5 Å². The number of ether oxygens (including phenoxy) is 1. The molecule has 10 nitrogen and oxygen atoms in total. The number of hydrogen-bond acceptors (Lipinski definition) is 8. The van der Waals surface area contributed by atoms with Crippen molar-refractivity contribution < 1.29 is 28.9 Å². The third-order valence-corrected chi connectivity index (χ3v) is 3.02. The van der Waals surface area contributed by atoms with Crippen molar-refractivity contribution in [2.45, 2.75) is 24.2 Å². The molecule has 2 heterocycles. The number of aromatic nitrogens is 2. The summed E-state index contributed by atoms with van der Waals surface area (Å²) >= 11 is 2.48. The van der Waals surface area contributed by atoms with Crippen LogP contribution in [0.1, 0.15) is 0 Å². The summed E-state index contributed by atoms with van der Waals surface area (Å²) < 4.78 is 10.1. The second-order valence-electron chi connectivity index (χ2n) is 4.03. The molecular weight excluding hydrogens is 344 g/mol. The molecule has 0 bridgehead atoms. The van der Waals surface area contributed by atoms with E-state index in [1.54, 1.807) is 0 Å². The first-order chi connectivity index (χ1) is 9.46. The zero-order valence-corrected chi connectivity index (χ0v) is 11.4. The fourth-order valence-electron chi connectivity index (χ4n) is 1.94. The fraction of sp³-hybridized carbons (Fsp3) is 0.556. The molecule has 1 aliphatic rings. The second kappa shape index (κ2) is 5.73. The molecule has 0 aromatic carbocycles. The summed E-state index contributed by atoms with van der Waals surface area (Å²) in [5.74, 6) is -2.27. The third-order valence-electron chi connectivity index (χ3n) is 2.89. The van der Waals surface area contributed by atoms with Crippen molar-refractivity contribution in [1.29, 1.82) is 0 Å². The molecule has 1 aromatic heterocycles. The number of nitrogens with one attached hydrogen (secondary N) is 1. The largest absolute Gasteiger partial charge is 0.394 e. The monoisotopic (exact) mass is 354 g/mol. The van der Waals surface area contributed by atoms with Crippen molar-refractivity contribution in [3.63, 3.8) is 0 Å². The summed E-state index contributed by atoms with van der Waals surface area (Å²) in [6.07, 6.45) is -3.53. The molecule has 4 N–H and O–H groups in total. The first-order valence-corrected chi connectivity index (χ1v) is 6.04. The van der Waals surface area contributed by atoms with Crippen molar-refractivity contribution in [2.24, 2.45) is 0 Å². The van der Waals surface area contributed by atoms with Gasteiger partial charge in [0, 0.05) is 12.3 Å². The first kappa shape index (κ1) is 15.3. The maximum absolute atomic E-state index is 11.8. The molecule has 2 rings (SSSR count). The van der Waals surface area contributed by atoms with Crippen molar-refractivity contribution in [3.05, 3.63) is 33.1 Å². The van der Waals surface area contributed by atoms with E-state index in [9.17, 15) is 19.8 Å². The molecule has 0 aliphatic carbocycles. The Labute approximate surface area is 119 Å². The topological polar surface area (TPSA) is 143 Å². The lowest BCUT2D eigenvalue weighted by atomic mass is 10.1. The van der Waals surface area contributed by atoms with E-state index in [-0.39, 0.29) is 0 Å². The number of halogens is 1. The molecule has 0 amide bonds. The van der Waals surface area contributed by atoms with E-state index in [1.165, 1.54) is 0 Å². The lowest BCUT2D eigenvalue weighted by Gasteiger charge is -2.30. The van der Waals surface area contributed by atoms with Gasteiger partial charge >= 0.3 is 11.6 Å². The van der Waals surface area contributed by atoms with Gasteiger partial charge < -0.3 is 20.1 Å². The van der Waals surface area contributed by atoms with Crippen LogP contribution in [0.15, 0.2) is 21.9 Å². The molecule has 4 atom stereocenters. The van der Waals surface area contributed by atoms with Gasteiger partial charge in [-0.1, -0.05) is 0 Å². The quantitative estimate of drug-likeness (QED) is 0.343. The molecule has 0 spiro atoms. The highest BCUT2D eigenvalue weighted by Crippen LogP contribution is 2.36. The second-order valence-corrected chi connectivity index (χ2v) is 4.30. The number of hydrogen-bond donors (Lipinski definition) is 4. The molecule has 112 valence electrons. The van der Waals surface area contributed by atoms with Gasteiger partial charge in [0.15, 0.2) is 6.10 Å². The number of aliphatic hydroxyl groups is 3. The van der Waals surface area contributed by atoms with Gasteiger partial charge in [-0.15, -0.1) is 0 Å². The smallest absolute Gasteiger partial charge is 0.332 e. The van der Waals surface area contributed by atoms with Crippen LogP contribution in [0.3, 0.4) is 0 Å². The van der Waals surface area contributed by atoms with Crippen molar-refractivity contribution >= 4 is 16.3 Å². The van der Waals surface area contributed by atoms with Gasteiger partial charge in [0.05, 0.1) is 6.61 Å². The summed E-state index contributed by atoms with van der Waals surface area (Å²) in [4.78, 5) is 29.5. The Morgan fingerprint density at radius 2 is 2.20 bits per heavy atom. The standard InChI is InChI=1S/C9H11BrN2O8/c10-20-19-9(7(16)6(15)4(3-13)18-9)12-2-1-5(14)11-8(12)17/h1-2,4,6-7,13,15-16H,3H2,(H,11,14,17)/t4-,6-,7-,9+/m1/s1. The van der Waals surface area contributed by atoms with Crippen molar-refractivity contribution in [1.82, 2.24) is 9.55 Å². The highest BCUT2D eigenvalue weighted by molar-refractivity contribution is 9.05. The molecule has 1 aromatic rings. The Morgan fingerprint density at radius 1 is 1.50 bits per heavy atom. The van der Waals surface area contributed by atoms with Crippen LogP contribution >= 0.6 is 16.3 Å². The van der Waals surface area contributed by atoms with Crippen LogP contribution in [0, 0.1) is 0 Å². The van der Waals surface area contributed by atoms with Gasteiger partial charge in [-0.25, -0.2) is 9.36 Å². The Bertz CT molecular complexity index is 588. The molecule has 1 saturated heterocycles. The van der Waals surface area contributed by atoms with Crippen LogP contribution < -0.4 is 11.2 Å². The van der Waals surface area contributed by atoms with E-state index in [0.717, 1.165) is 12.3 Å². The van der Waals surface area contributed by atoms with Crippen molar-refractivity contribution in [2.75, 3.05) is 6.61 Å². The van der Waals surface area contributed by atoms with E-state index < -0.39 is 42.1 Å². The average Bonchev–Trinajstić information content (AvgIpc) is 2.65. The Balaban J connectivity index is 2.55. The minimum Gasteiger partial charge on any atom is -0.394 e. The summed E-state index contributed by atoms with van der Waals surface area (Å²) in [6.45, 7) is -0.635. The maximum atomic E-state index is 11.8. The van der Waals surface area contributed by atoms with Gasteiger partial charge in [-0.05, 0) is 0 Å². The van der Waals surface area contributed by atoms with Gasteiger partial charge in [0.2, 0.25) is 0 Å². The SMILES string of the molecule is O=c1ccn([C@]2(OOBr)O[C@H](CO)[C@@H](O)[C@H]2O)c(=O)[nH]1. The highest BCUT2D eigenvalue weighted by Gasteiger charge is 2.58. The zero-order valence-electron chi connectivity index (χ0n) is 9.80. The van der Waals surface area contributed by atoms with E-state index >= 15 is 0 Å². The molecular formula is C9H11BrN2O8. The summed E-state index contributed by atoms with van der Waals surface area (Å²) in [7, 11) is 0. The molecule has 1 aliphatic heterocycles. The highest BCUT2D eigenvalue weighted by atomic mass is 79.9. The normalized spacial score (nSPS) is 33.5. The molecule has 1 fully saturated rings. The van der Waals surface area contributed by atoms with Crippen LogP contribution in [0.4, 0.5) is 0 Å². The molecule has 20 heavy (non-hydrogen) atoms. The van der Waals surface area contributed by atoms with E-state index in [0.29, 0.717) is 4.57 Å². The summed E-state index contributed by atoms with van der Waals surface area (Å²) in [6, 6.07) is 0.982. The van der Waals surface area contributed by atoms with Crippen LogP contribution in [0.25, 0.3) is 0 Å². The lowest BCUT2D eigenvalue weighted by Crippen LogP contribution is -2.53. The van der Waals surface area contributed by atoms with Crippen LogP contribution in [0.2, 0.25) is 0 Å². The van der Waals surface area contributed by atoms with E-state index in [1.807, 2.05) is 4.98 Å². The van der Waals surface area contributed by atoms with E-state index in [4.69, 9.17) is 14.7 Å². The fourth-order valence-corrected chi connectivity index (χ4v) is 2.13. The number of nitrogens with zero attached hydrogens (tertiary/aromatic N) is 1. The Kier molecular flexibility index (Phi) is 4.39. The summed E-state index contributed by atoms with van der Waals surface area (Å²) in [5.41, 5.74) is -1.64. The first-order valence-electron chi connectivity index (χ1n) is 5.40. The number of H-pyrrole nitrogens is 1. The third kappa shape index (κ3) is 2.33. The van der Waals surface area contributed by atoms with Crippen LogP contribution in [0.5, 0.6) is 0 Å². The number of aromatic amines is 1. The Hall–Kier alpha value is -1.08. The minimum atomic E-state index is -2.27. The minimum absolute atomic E-state index is 0.635. The number of aliphatic hydroxyl groups excluding tert-OH is 3. The van der Waals surface area contributed by atoms with E-state index in [2.05, 4.69) is 20.2 Å². The lowest BCUT2D eigenvalue weighted by molar-refractivity contribution is -0.426. The zero-order chi connectivity index (χ0) is 14.9. The van der Waals surface area contributed by atoms with Gasteiger partial charge in [0.25, 0.3) is 5.56 Å². The molecule has 0 saturated carbocycles. The molecule has 11 heteroatoms. The maximum Gasteiger partial charge on any atom is 0.332 e. The predicted octanol–water partition coefficient (Wildman–Crippen LogP) is -2.48. The van der Waals surface area contributed by atoms with Gasteiger partial charge in [-0.2, -0.15) is 8.87 Å². The Morgan fingerprint density at radius 3 is 2.70 bits per heavy atom. The van der Waals surface area contributed by atoms with Gasteiger partial charge in [-0.3, -0.25) is 9.78 Å². The molecule has 0 radical (unpaired) electrons. The van der Waals surface area contributed by atoms with Crippen LogP contribution in [-0.2, 0) is 19.5 Å².